The molecule has 0 N–H and O–H groups in total. The van der Waals surface area contributed by atoms with E-state index in [2.05, 4.69) is 0 Å². The predicted octanol–water partition coefficient (Wildman–Crippen LogP) is 2.75. The molecule has 0 unspecified atom stereocenters. The minimum atomic E-state index is -0.563. The van der Waals surface area contributed by atoms with E-state index < -0.39 is 5.97 Å². The van der Waals surface area contributed by atoms with Crippen molar-refractivity contribution in [2.24, 2.45) is 0 Å². The average molecular weight is 256 g/mol. The van der Waals surface area contributed by atoms with E-state index in [0.717, 1.165) is 5.56 Å². The number of carbonyl (C=O) groups excluding carboxylic acids is 2. The van der Waals surface area contributed by atoms with Crippen molar-refractivity contribution in [2.75, 3.05) is 0 Å². The molecule has 2 aromatic carbocycles. The molecule has 19 heavy (non-hydrogen) atoms. The Hall–Kier alpha value is -2.62. The first-order chi connectivity index (χ1) is 9.20. The van der Waals surface area contributed by atoms with E-state index in [9.17, 15) is 9.59 Å². The van der Waals surface area contributed by atoms with E-state index >= 15 is 0 Å². The maximum atomic E-state index is 12.0. The molecule has 96 valence electrons. The topological polar surface area (TPSA) is 52.6 Å². The van der Waals surface area contributed by atoms with Crippen LogP contribution in [0.4, 0.5) is 0 Å². The van der Waals surface area contributed by atoms with E-state index in [0.29, 0.717) is 5.75 Å². The van der Waals surface area contributed by atoms with Crippen LogP contribution in [0, 0.1) is 6.92 Å². The molecule has 0 aliphatic rings. The zero-order chi connectivity index (χ0) is 13.7. The summed E-state index contributed by atoms with van der Waals surface area (Å²) in [5.41, 5.74) is 1.09. The quantitative estimate of drug-likeness (QED) is 0.479. The third kappa shape index (κ3) is 3.19. The second-order valence-electron chi connectivity index (χ2n) is 3.92. The largest absolute Gasteiger partial charge is 0.428 e. The summed E-state index contributed by atoms with van der Waals surface area (Å²) in [6.45, 7) is 2.12. The summed E-state index contributed by atoms with van der Waals surface area (Å²) in [6, 6.07) is 13.6. The minimum Gasteiger partial charge on any atom is -0.428 e. The van der Waals surface area contributed by atoms with E-state index in [1.807, 2.05) is 13.0 Å². The third-order valence-electron chi connectivity index (χ3n) is 2.48. The maximum Gasteiger partial charge on any atom is 0.347 e. The monoisotopic (exact) mass is 256 g/mol. The van der Waals surface area contributed by atoms with Crippen LogP contribution < -0.4 is 9.47 Å². The Labute approximate surface area is 110 Å². The van der Waals surface area contributed by atoms with Gasteiger partial charge in [0.1, 0.15) is 17.1 Å². The molecular formula is C15H12O4. The lowest BCUT2D eigenvalue weighted by Crippen LogP contribution is -2.10. The first-order valence-electron chi connectivity index (χ1n) is 5.69. The molecule has 0 radical (unpaired) electrons. The van der Waals surface area contributed by atoms with Crippen molar-refractivity contribution in [1.82, 2.24) is 0 Å². The summed E-state index contributed by atoms with van der Waals surface area (Å²) in [6.07, 6.45) is 0. The molecule has 0 aromatic heterocycles. The van der Waals surface area contributed by atoms with Crippen molar-refractivity contribution in [3.63, 3.8) is 0 Å². The Morgan fingerprint density at radius 3 is 2.53 bits per heavy atom. The van der Waals surface area contributed by atoms with Crippen molar-refractivity contribution >= 4 is 12.4 Å². The van der Waals surface area contributed by atoms with Crippen LogP contribution in [0.15, 0.2) is 48.5 Å². The number of hydrogen-bond donors (Lipinski definition) is 0. The predicted molar refractivity (Wildman–Crippen MR) is 69.3 cm³/mol. The number of hydrogen-bond acceptors (Lipinski definition) is 4. The first kappa shape index (κ1) is 12.8. The highest BCUT2D eigenvalue weighted by Gasteiger charge is 2.15. The molecule has 0 aliphatic heterocycles. The number of benzene rings is 2. The van der Waals surface area contributed by atoms with Gasteiger partial charge in [-0.15, -0.1) is 0 Å². The molecule has 2 aromatic rings. The molecule has 2 rings (SSSR count). The Kier molecular flexibility index (Phi) is 3.93. The number of ether oxygens (including phenoxy) is 2. The third-order valence-corrected chi connectivity index (χ3v) is 2.48. The number of aryl methyl sites for hydroxylation is 1. The van der Waals surface area contributed by atoms with Gasteiger partial charge >= 0.3 is 5.97 Å². The van der Waals surface area contributed by atoms with Crippen molar-refractivity contribution in [3.05, 3.63) is 59.7 Å². The highest BCUT2D eigenvalue weighted by molar-refractivity contribution is 5.94. The second-order valence-corrected chi connectivity index (χ2v) is 3.92. The lowest BCUT2D eigenvalue weighted by atomic mass is 10.1. The van der Waals surface area contributed by atoms with Crippen molar-refractivity contribution in [3.8, 4) is 11.5 Å². The number of carbonyl (C=O) groups is 2. The van der Waals surface area contributed by atoms with Crippen LogP contribution >= 0.6 is 0 Å². The molecule has 0 spiro atoms. The fraction of sp³-hybridized carbons (Fsp3) is 0.0667. The Morgan fingerprint density at radius 2 is 1.84 bits per heavy atom. The van der Waals surface area contributed by atoms with Crippen LogP contribution in [-0.2, 0) is 4.79 Å². The molecule has 0 saturated carbocycles. The smallest absolute Gasteiger partial charge is 0.347 e. The summed E-state index contributed by atoms with van der Waals surface area (Å²) in [7, 11) is 0. The van der Waals surface area contributed by atoms with Crippen LogP contribution in [-0.4, -0.2) is 12.4 Å². The van der Waals surface area contributed by atoms with Gasteiger partial charge in [-0.25, -0.2) is 4.79 Å². The first-order valence-corrected chi connectivity index (χ1v) is 5.69. The van der Waals surface area contributed by atoms with Gasteiger partial charge in [0.25, 0.3) is 6.47 Å². The van der Waals surface area contributed by atoms with Gasteiger partial charge in [-0.2, -0.15) is 0 Å². The average Bonchev–Trinajstić information content (AvgIpc) is 2.42. The highest BCUT2D eigenvalue weighted by atomic mass is 16.5. The summed E-state index contributed by atoms with van der Waals surface area (Å²) in [5.74, 6) is 0.0549. The lowest BCUT2D eigenvalue weighted by Gasteiger charge is -2.08. The number of rotatable bonds is 4. The molecule has 0 fully saturated rings. The van der Waals surface area contributed by atoms with Gasteiger partial charge in [-0.3, -0.25) is 4.79 Å². The number of esters is 1. The minimum absolute atomic E-state index is 0.182. The fourth-order valence-corrected chi connectivity index (χ4v) is 1.61. The van der Waals surface area contributed by atoms with E-state index in [-0.39, 0.29) is 17.8 Å². The maximum absolute atomic E-state index is 12.0. The molecule has 0 amide bonds. The van der Waals surface area contributed by atoms with Crippen LogP contribution in [0.5, 0.6) is 11.5 Å². The van der Waals surface area contributed by atoms with Gasteiger partial charge in [-0.1, -0.05) is 24.3 Å². The fourth-order valence-electron chi connectivity index (χ4n) is 1.61. The molecule has 0 atom stereocenters. The summed E-state index contributed by atoms with van der Waals surface area (Å²) in [4.78, 5) is 22.5. The van der Waals surface area contributed by atoms with Gasteiger partial charge in [0, 0.05) is 0 Å². The highest BCUT2D eigenvalue weighted by Crippen LogP contribution is 2.22. The second kappa shape index (κ2) is 5.82. The molecule has 0 aliphatic carbocycles. The molecule has 0 heterocycles. The normalized spacial score (nSPS) is 9.74. The van der Waals surface area contributed by atoms with Crippen LogP contribution in [0.25, 0.3) is 0 Å². The van der Waals surface area contributed by atoms with Crippen LogP contribution in [0.1, 0.15) is 15.9 Å². The van der Waals surface area contributed by atoms with Crippen LogP contribution in [0.3, 0.4) is 0 Å². The lowest BCUT2D eigenvalue weighted by molar-refractivity contribution is -0.120. The summed E-state index contributed by atoms with van der Waals surface area (Å²) < 4.78 is 9.98. The van der Waals surface area contributed by atoms with Crippen LogP contribution in [0.2, 0.25) is 0 Å². The zero-order valence-corrected chi connectivity index (χ0v) is 10.3. The van der Waals surface area contributed by atoms with Gasteiger partial charge in [-0.05, 0) is 36.8 Å². The molecule has 4 heteroatoms. The van der Waals surface area contributed by atoms with E-state index in [1.54, 1.807) is 42.5 Å². The Balaban J connectivity index is 2.27. The molecule has 0 saturated heterocycles. The Bertz CT molecular complexity index is 590. The molecule has 4 nitrogen and oxygen atoms in total. The van der Waals surface area contributed by atoms with E-state index in [4.69, 9.17) is 9.47 Å². The zero-order valence-electron chi connectivity index (χ0n) is 10.3. The van der Waals surface area contributed by atoms with Gasteiger partial charge < -0.3 is 9.47 Å². The van der Waals surface area contributed by atoms with Crippen molar-refractivity contribution in [1.29, 1.82) is 0 Å². The Morgan fingerprint density at radius 1 is 1.11 bits per heavy atom. The number of para-hydroxylation sites is 1. The molecule has 0 bridgehead atoms. The van der Waals surface area contributed by atoms with E-state index in [1.165, 1.54) is 0 Å². The summed E-state index contributed by atoms with van der Waals surface area (Å²) in [5, 5.41) is 0. The van der Waals surface area contributed by atoms with Gasteiger partial charge in [0.2, 0.25) is 0 Å². The van der Waals surface area contributed by atoms with Crippen molar-refractivity contribution in [2.45, 2.75) is 6.92 Å². The van der Waals surface area contributed by atoms with Crippen molar-refractivity contribution < 1.29 is 19.1 Å². The SMILES string of the molecule is Cc1ccc(OC=O)c(C(=O)Oc2ccccc2)c1. The van der Waals surface area contributed by atoms with Gasteiger partial charge in [0.15, 0.2) is 0 Å². The van der Waals surface area contributed by atoms with Gasteiger partial charge in [0.05, 0.1) is 0 Å². The molecular weight excluding hydrogens is 244 g/mol. The standard InChI is InChI=1S/C15H12O4/c1-11-7-8-14(18-10-16)13(9-11)15(17)19-12-5-3-2-4-6-12/h2-10H,1H3. The summed E-state index contributed by atoms with van der Waals surface area (Å²) >= 11 is 0.